The van der Waals surface area contributed by atoms with Crippen molar-refractivity contribution in [1.29, 1.82) is 0 Å². The number of anilines is 1. The quantitative estimate of drug-likeness (QED) is 0.701. The summed E-state index contributed by atoms with van der Waals surface area (Å²) in [6, 6.07) is 6.91. The van der Waals surface area contributed by atoms with Crippen LogP contribution in [-0.2, 0) is 6.42 Å². The number of aromatic nitrogens is 2. The zero-order chi connectivity index (χ0) is 19.6. The third kappa shape index (κ3) is 3.83. The van der Waals surface area contributed by atoms with E-state index in [1.807, 2.05) is 27.7 Å². The maximum absolute atomic E-state index is 12.8. The Morgan fingerprint density at radius 1 is 1.11 bits per heavy atom. The molecule has 27 heavy (non-hydrogen) atoms. The number of fused-ring (bicyclic) bond motifs is 1. The summed E-state index contributed by atoms with van der Waals surface area (Å²) in [7, 11) is 0. The molecule has 0 aliphatic rings. The number of thiophene rings is 1. The van der Waals surface area contributed by atoms with Gasteiger partial charge in [0.2, 0.25) is 0 Å². The van der Waals surface area contributed by atoms with Crippen LogP contribution in [-0.4, -0.2) is 28.3 Å². The summed E-state index contributed by atoms with van der Waals surface area (Å²) < 4.78 is 0. The molecule has 0 radical (unpaired) electrons. The number of nitrogens with one attached hydrogen (secondary N) is 2. The van der Waals surface area contributed by atoms with Crippen LogP contribution in [0.1, 0.15) is 51.0 Å². The number of carbonyl (C=O) groups is 2. The van der Waals surface area contributed by atoms with E-state index in [4.69, 9.17) is 0 Å². The highest BCUT2D eigenvalue weighted by atomic mass is 32.1. The molecule has 3 aromatic rings. The van der Waals surface area contributed by atoms with E-state index in [0.717, 1.165) is 33.7 Å². The third-order valence-electron chi connectivity index (χ3n) is 4.26. The van der Waals surface area contributed by atoms with Crippen molar-refractivity contribution in [1.82, 2.24) is 15.3 Å². The standard InChI is InChI=1S/C20H22N4O2S/c1-5-15-22-12(4)16-11(3)17(27-20(16)24-15)19(26)23-14-9-7-8-13(10-14)18(25)21-6-2/h7-10H,5-6H2,1-4H3,(H,21,25)(H,23,26). The van der Waals surface area contributed by atoms with Crippen molar-refractivity contribution in [3.8, 4) is 0 Å². The highest BCUT2D eigenvalue weighted by molar-refractivity contribution is 7.20. The molecule has 0 aliphatic carbocycles. The molecular weight excluding hydrogens is 360 g/mol. The molecule has 0 spiro atoms. The smallest absolute Gasteiger partial charge is 0.266 e. The Labute approximate surface area is 162 Å². The van der Waals surface area contributed by atoms with Crippen LogP contribution in [0.5, 0.6) is 0 Å². The van der Waals surface area contributed by atoms with Crippen molar-refractivity contribution < 1.29 is 9.59 Å². The third-order valence-corrected chi connectivity index (χ3v) is 5.44. The SMILES string of the molecule is CCNC(=O)c1cccc(NC(=O)c2sc3nc(CC)nc(C)c3c2C)c1. The van der Waals surface area contributed by atoms with Gasteiger partial charge in [0.15, 0.2) is 0 Å². The Morgan fingerprint density at radius 2 is 1.89 bits per heavy atom. The minimum Gasteiger partial charge on any atom is -0.352 e. The topological polar surface area (TPSA) is 84.0 Å². The molecule has 1 aromatic carbocycles. The molecule has 140 valence electrons. The average Bonchev–Trinajstić information content (AvgIpc) is 2.99. The fraction of sp³-hybridized carbons (Fsp3) is 0.300. The summed E-state index contributed by atoms with van der Waals surface area (Å²) in [6.45, 7) is 8.29. The zero-order valence-electron chi connectivity index (χ0n) is 15.8. The molecule has 0 aliphatic heterocycles. The van der Waals surface area contributed by atoms with Gasteiger partial charge in [-0.1, -0.05) is 13.0 Å². The molecule has 0 saturated heterocycles. The minimum atomic E-state index is -0.207. The van der Waals surface area contributed by atoms with E-state index in [9.17, 15) is 9.59 Å². The maximum atomic E-state index is 12.8. The molecule has 2 amide bonds. The number of hydrogen-bond acceptors (Lipinski definition) is 5. The van der Waals surface area contributed by atoms with Crippen LogP contribution in [0.4, 0.5) is 5.69 Å². The van der Waals surface area contributed by atoms with Crippen molar-refractivity contribution in [3.05, 3.63) is 51.8 Å². The molecule has 2 N–H and O–H groups in total. The van der Waals surface area contributed by atoms with Gasteiger partial charge in [-0.25, -0.2) is 9.97 Å². The lowest BCUT2D eigenvalue weighted by atomic mass is 10.1. The number of aryl methyl sites for hydroxylation is 3. The van der Waals surface area contributed by atoms with Gasteiger partial charge in [-0.2, -0.15) is 0 Å². The number of carbonyl (C=O) groups excluding carboxylic acids is 2. The van der Waals surface area contributed by atoms with Crippen LogP contribution < -0.4 is 10.6 Å². The number of nitrogens with zero attached hydrogens (tertiary/aromatic N) is 2. The van der Waals surface area contributed by atoms with Crippen molar-refractivity contribution >= 4 is 39.1 Å². The minimum absolute atomic E-state index is 0.162. The van der Waals surface area contributed by atoms with Gasteiger partial charge >= 0.3 is 0 Å². The van der Waals surface area contributed by atoms with Crippen molar-refractivity contribution in [2.24, 2.45) is 0 Å². The molecule has 0 atom stereocenters. The van der Waals surface area contributed by atoms with Crippen molar-refractivity contribution in [2.45, 2.75) is 34.1 Å². The Kier molecular flexibility index (Phi) is 5.51. The second-order valence-corrected chi connectivity index (χ2v) is 7.21. The fourth-order valence-electron chi connectivity index (χ4n) is 2.96. The first kappa shape index (κ1) is 19.0. The summed E-state index contributed by atoms with van der Waals surface area (Å²) >= 11 is 1.37. The highest BCUT2D eigenvalue weighted by Crippen LogP contribution is 2.32. The Hall–Kier alpha value is -2.80. The van der Waals surface area contributed by atoms with E-state index in [-0.39, 0.29) is 11.8 Å². The number of hydrogen-bond donors (Lipinski definition) is 2. The van der Waals surface area contributed by atoms with Gasteiger partial charge in [-0.15, -0.1) is 11.3 Å². The van der Waals surface area contributed by atoms with Gasteiger partial charge in [0.1, 0.15) is 10.7 Å². The van der Waals surface area contributed by atoms with Gasteiger partial charge < -0.3 is 10.6 Å². The molecule has 0 unspecified atom stereocenters. The van der Waals surface area contributed by atoms with Crippen LogP contribution in [0.15, 0.2) is 24.3 Å². The van der Waals surface area contributed by atoms with Crippen molar-refractivity contribution in [3.63, 3.8) is 0 Å². The number of rotatable bonds is 5. The number of benzene rings is 1. The van der Waals surface area contributed by atoms with Crippen LogP contribution in [0, 0.1) is 13.8 Å². The molecule has 7 heteroatoms. The van der Waals surface area contributed by atoms with E-state index < -0.39 is 0 Å². The van der Waals surface area contributed by atoms with Gasteiger partial charge in [0, 0.05) is 35.3 Å². The lowest BCUT2D eigenvalue weighted by molar-refractivity contribution is 0.0954. The second kappa shape index (κ2) is 7.84. The summed E-state index contributed by atoms with van der Waals surface area (Å²) in [5.41, 5.74) is 2.87. The number of amides is 2. The molecule has 0 saturated carbocycles. The van der Waals surface area contributed by atoms with E-state index in [2.05, 4.69) is 20.6 Å². The molecule has 2 heterocycles. The molecule has 3 rings (SSSR count). The lowest BCUT2D eigenvalue weighted by Crippen LogP contribution is -2.22. The molecule has 6 nitrogen and oxygen atoms in total. The Balaban J connectivity index is 1.91. The predicted molar refractivity (Wildman–Crippen MR) is 109 cm³/mol. The second-order valence-electron chi connectivity index (χ2n) is 6.21. The van der Waals surface area contributed by atoms with Gasteiger partial charge in [-0.05, 0) is 44.5 Å². The molecule has 2 aromatic heterocycles. The van der Waals surface area contributed by atoms with Crippen LogP contribution in [0.3, 0.4) is 0 Å². The van der Waals surface area contributed by atoms with Gasteiger partial charge in [0.25, 0.3) is 11.8 Å². The van der Waals surface area contributed by atoms with E-state index in [1.54, 1.807) is 24.3 Å². The predicted octanol–water partition coefficient (Wildman–Crippen LogP) is 3.87. The summed E-state index contributed by atoms with van der Waals surface area (Å²) in [5, 5.41) is 6.58. The largest absolute Gasteiger partial charge is 0.352 e. The summed E-state index contributed by atoms with van der Waals surface area (Å²) in [5.74, 6) is 0.411. The zero-order valence-corrected chi connectivity index (χ0v) is 16.7. The van der Waals surface area contributed by atoms with E-state index in [0.29, 0.717) is 22.7 Å². The first-order chi connectivity index (χ1) is 12.9. The molecule has 0 bridgehead atoms. The van der Waals surface area contributed by atoms with Crippen LogP contribution >= 0.6 is 11.3 Å². The first-order valence-electron chi connectivity index (χ1n) is 8.90. The van der Waals surface area contributed by atoms with Gasteiger partial charge in [-0.3, -0.25) is 9.59 Å². The van der Waals surface area contributed by atoms with Crippen LogP contribution in [0.2, 0.25) is 0 Å². The monoisotopic (exact) mass is 382 g/mol. The lowest BCUT2D eigenvalue weighted by Gasteiger charge is -2.07. The van der Waals surface area contributed by atoms with E-state index >= 15 is 0 Å². The molecular formula is C20H22N4O2S. The maximum Gasteiger partial charge on any atom is 0.266 e. The molecule has 0 fully saturated rings. The first-order valence-corrected chi connectivity index (χ1v) is 9.72. The van der Waals surface area contributed by atoms with Crippen molar-refractivity contribution in [2.75, 3.05) is 11.9 Å². The highest BCUT2D eigenvalue weighted by Gasteiger charge is 2.19. The summed E-state index contributed by atoms with van der Waals surface area (Å²) in [4.78, 5) is 35.3. The summed E-state index contributed by atoms with van der Waals surface area (Å²) in [6.07, 6.45) is 0.752. The average molecular weight is 382 g/mol. The fourth-order valence-corrected chi connectivity index (χ4v) is 4.10. The Morgan fingerprint density at radius 3 is 2.59 bits per heavy atom. The van der Waals surface area contributed by atoms with Gasteiger partial charge in [0.05, 0.1) is 4.88 Å². The van der Waals surface area contributed by atoms with E-state index in [1.165, 1.54) is 11.3 Å². The Bertz CT molecular complexity index is 1030. The normalized spacial score (nSPS) is 10.8. The van der Waals surface area contributed by atoms with Crippen LogP contribution in [0.25, 0.3) is 10.2 Å².